The SMILES string of the molecule is CCCNCC(CCc1nccn1C)c1cccc(Cl)c1. The third-order valence-electron chi connectivity index (χ3n) is 3.77. The Morgan fingerprint density at radius 3 is 2.90 bits per heavy atom. The molecule has 1 aromatic carbocycles. The van der Waals surface area contributed by atoms with Gasteiger partial charge in [-0.05, 0) is 43.0 Å². The van der Waals surface area contributed by atoms with Crippen LogP contribution in [0.4, 0.5) is 0 Å². The topological polar surface area (TPSA) is 29.9 Å². The van der Waals surface area contributed by atoms with E-state index < -0.39 is 0 Å². The fourth-order valence-corrected chi connectivity index (χ4v) is 2.74. The van der Waals surface area contributed by atoms with Crippen LogP contribution in [0.3, 0.4) is 0 Å². The Bertz CT molecular complexity index is 550. The van der Waals surface area contributed by atoms with Crippen LogP contribution in [-0.4, -0.2) is 22.6 Å². The first-order valence-electron chi connectivity index (χ1n) is 7.63. The summed E-state index contributed by atoms with van der Waals surface area (Å²) in [7, 11) is 2.05. The van der Waals surface area contributed by atoms with E-state index in [0.717, 1.165) is 43.2 Å². The fourth-order valence-electron chi connectivity index (χ4n) is 2.54. The van der Waals surface area contributed by atoms with Crippen LogP contribution in [0, 0.1) is 0 Å². The van der Waals surface area contributed by atoms with Crippen molar-refractivity contribution >= 4 is 11.6 Å². The Kier molecular flexibility index (Phi) is 6.27. The summed E-state index contributed by atoms with van der Waals surface area (Å²) in [6.45, 7) is 4.23. The third-order valence-corrected chi connectivity index (χ3v) is 4.01. The van der Waals surface area contributed by atoms with E-state index in [1.807, 2.05) is 31.6 Å². The van der Waals surface area contributed by atoms with Crippen molar-refractivity contribution in [3.63, 3.8) is 0 Å². The summed E-state index contributed by atoms with van der Waals surface area (Å²) in [5, 5.41) is 4.34. The average Bonchev–Trinajstić information content (AvgIpc) is 2.88. The maximum atomic E-state index is 6.14. The van der Waals surface area contributed by atoms with Gasteiger partial charge in [0, 0.05) is 37.4 Å². The molecule has 2 aromatic rings. The van der Waals surface area contributed by atoms with Gasteiger partial charge in [-0.25, -0.2) is 4.98 Å². The van der Waals surface area contributed by atoms with Crippen LogP contribution in [0.5, 0.6) is 0 Å². The van der Waals surface area contributed by atoms with Crippen LogP contribution in [0.1, 0.15) is 37.1 Å². The number of benzene rings is 1. The smallest absolute Gasteiger partial charge is 0.108 e. The number of aromatic nitrogens is 2. The number of hydrogen-bond acceptors (Lipinski definition) is 2. The summed E-state index contributed by atoms with van der Waals surface area (Å²) in [5.41, 5.74) is 1.31. The number of hydrogen-bond donors (Lipinski definition) is 1. The second-order valence-electron chi connectivity index (χ2n) is 5.45. The fraction of sp³-hybridized carbons (Fsp3) is 0.471. The van der Waals surface area contributed by atoms with Crippen LogP contribution in [-0.2, 0) is 13.5 Å². The van der Waals surface area contributed by atoms with Gasteiger partial charge in [-0.1, -0.05) is 30.7 Å². The highest BCUT2D eigenvalue weighted by molar-refractivity contribution is 6.30. The van der Waals surface area contributed by atoms with E-state index in [2.05, 4.69) is 33.9 Å². The van der Waals surface area contributed by atoms with E-state index in [-0.39, 0.29) is 0 Å². The Morgan fingerprint density at radius 2 is 2.24 bits per heavy atom. The Hall–Kier alpha value is -1.32. The van der Waals surface area contributed by atoms with E-state index in [1.54, 1.807) is 0 Å². The molecule has 1 N–H and O–H groups in total. The summed E-state index contributed by atoms with van der Waals surface area (Å²) < 4.78 is 2.09. The van der Waals surface area contributed by atoms with Gasteiger partial charge < -0.3 is 9.88 Å². The minimum absolute atomic E-state index is 0.465. The van der Waals surface area contributed by atoms with Crippen LogP contribution in [0.25, 0.3) is 0 Å². The van der Waals surface area contributed by atoms with E-state index in [1.165, 1.54) is 5.56 Å². The van der Waals surface area contributed by atoms with Crippen molar-refractivity contribution in [1.82, 2.24) is 14.9 Å². The molecule has 0 saturated carbocycles. The normalized spacial score (nSPS) is 12.5. The van der Waals surface area contributed by atoms with Crippen molar-refractivity contribution in [2.75, 3.05) is 13.1 Å². The summed E-state index contributed by atoms with van der Waals surface area (Å²) in [5.74, 6) is 1.60. The van der Waals surface area contributed by atoms with E-state index >= 15 is 0 Å². The van der Waals surface area contributed by atoms with Gasteiger partial charge in [-0.3, -0.25) is 0 Å². The molecule has 1 atom stereocenters. The van der Waals surface area contributed by atoms with Crippen molar-refractivity contribution < 1.29 is 0 Å². The number of rotatable bonds is 8. The monoisotopic (exact) mass is 305 g/mol. The maximum absolute atomic E-state index is 6.14. The summed E-state index contributed by atoms with van der Waals surface area (Å²) in [6, 6.07) is 8.21. The summed E-state index contributed by atoms with van der Waals surface area (Å²) in [6.07, 6.45) is 7.07. The lowest BCUT2D eigenvalue weighted by Crippen LogP contribution is -2.23. The van der Waals surface area contributed by atoms with Crippen molar-refractivity contribution in [1.29, 1.82) is 0 Å². The third kappa shape index (κ3) is 4.87. The first-order chi connectivity index (χ1) is 10.2. The molecule has 1 heterocycles. The second-order valence-corrected chi connectivity index (χ2v) is 5.89. The molecule has 0 amide bonds. The predicted octanol–water partition coefficient (Wildman–Crippen LogP) is 3.79. The molecule has 21 heavy (non-hydrogen) atoms. The first-order valence-corrected chi connectivity index (χ1v) is 8.01. The molecule has 0 saturated heterocycles. The van der Waals surface area contributed by atoms with Gasteiger partial charge in [0.1, 0.15) is 5.82 Å². The number of nitrogens with one attached hydrogen (secondary N) is 1. The lowest BCUT2D eigenvalue weighted by molar-refractivity contribution is 0.539. The van der Waals surface area contributed by atoms with Crippen molar-refractivity contribution in [3.05, 3.63) is 53.1 Å². The maximum Gasteiger partial charge on any atom is 0.108 e. The predicted molar refractivity (Wildman–Crippen MR) is 88.9 cm³/mol. The van der Waals surface area contributed by atoms with Crippen molar-refractivity contribution in [3.8, 4) is 0 Å². The van der Waals surface area contributed by atoms with Crippen LogP contribution in [0.15, 0.2) is 36.7 Å². The number of halogens is 1. The second kappa shape index (κ2) is 8.20. The molecular formula is C17H24ClN3. The van der Waals surface area contributed by atoms with Gasteiger partial charge in [-0.15, -0.1) is 0 Å². The largest absolute Gasteiger partial charge is 0.338 e. The Morgan fingerprint density at radius 1 is 1.38 bits per heavy atom. The van der Waals surface area contributed by atoms with Gasteiger partial charge in [0.25, 0.3) is 0 Å². The number of nitrogens with zero attached hydrogens (tertiary/aromatic N) is 2. The lowest BCUT2D eigenvalue weighted by Gasteiger charge is -2.18. The zero-order chi connectivity index (χ0) is 15.1. The Balaban J connectivity index is 2.03. The van der Waals surface area contributed by atoms with Crippen molar-refractivity contribution in [2.24, 2.45) is 7.05 Å². The van der Waals surface area contributed by atoms with Gasteiger partial charge >= 0.3 is 0 Å². The zero-order valence-corrected chi connectivity index (χ0v) is 13.6. The van der Waals surface area contributed by atoms with Crippen molar-refractivity contribution in [2.45, 2.75) is 32.1 Å². The summed E-state index contributed by atoms with van der Waals surface area (Å²) in [4.78, 5) is 4.41. The first kappa shape index (κ1) is 16.1. The molecule has 0 radical (unpaired) electrons. The molecule has 0 aliphatic rings. The molecule has 1 aromatic heterocycles. The standard InChI is InChI=1S/C17H24ClN3/c1-3-9-19-13-15(14-5-4-6-16(18)12-14)7-8-17-20-10-11-21(17)2/h4-6,10-12,15,19H,3,7-9,13H2,1-2H3. The van der Waals surface area contributed by atoms with Crippen LogP contribution in [0.2, 0.25) is 5.02 Å². The minimum Gasteiger partial charge on any atom is -0.338 e. The molecular weight excluding hydrogens is 282 g/mol. The number of imidazole rings is 1. The number of aryl methyl sites for hydroxylation is 2. The van der Waals surface area contributed by atoms with Crippen LogP contribution < -0.4 is 5.32 Å². The molecule has 4 heteroatoms. The molecule has 0 fully saturated rings. The highest BCUT2D eigenvalue weighted by Gasteiger charge is 2.13. The Labute approximate surface area is 132 Å². The molecule has 0 spiro atoms. The van der Waals surface area contributed by atoms with E-state index in [0.29, 0.717) is 5.92 Å². The zero-order valence-electron chi connectivity index (χ0n) is 12.8. The molecule has 0 aliphatic carbocycles. The quantitative estimate of drug-likeness (QED) is 0.752. The molecule has 3 nitrogen and oxygen atoms in total. The molecule has 0 bridgehead atoms. The van der Waals surface area contributed by atoms with E-state index in [4.69, 9.17) is 11.6 Å². The molecule has 0 aliphatic heterocycles. The molecule has 1 unspecified atom stereocenters. The van der Waals surface area contributed by atoms with Gasteiger partial charge in [0.05, 0.1) is 0 Å². The van der Waals surface area contributed by atoms with Gasteiger partial charge in [0.2, 0.25) is 0 Å². The molecule has 2 rings (SSSR count). The summed E-state index contributed by atoms with van der Waals surface area (Å²) >= 11 is 6.14. The average molecular weight is 306 g/mol. The molecule has 114 valence electrons. The highest BCUT2D eigenvalue weighted by Crippen LogP contribution is 2.23. The lowest BCUT2D eigenvalue weighted by atomic mass is 9.94. The van der Waals surface area contributed by atoms with E-state index in [9.17, 15) is 0 Å². The van der Waals surface area contributed by atoms with Crippen LogP contribution >= 0.6 is 11.6 Å². The van der Waals surface area contributed by atoms with Gasteiger partial charge in [0.15, 0.2) is 0 Å². The minimum atomic E-state index is 0.465. The van der Waals surface area contributed by atoms with Gasteiger partial charge in [-0.2, -0.15) is 0 Å². The highest BCUT2D eigenvalue weighted by atomic mass is 35.5.